The van der Waals surface area contributed by atoms with E-state index in [0.717, 1.165) is 10.2 Å². The fourth-order valence-corrected chi connectivity index (χ4v) is 4.11. The minimum absolute atomic E-state index is 0.316. The maximum absolute atomic E-state index is 12.9. The van der Waals surface area contributed by atoms with Crippen LogP contribution < -0.4 is 28.5 Å². The second-order valence-electron chi connectivity index (χ2n) is 5.92. The summed E-state index contributed by atoms with van der Waals surface area (Å²) in [6.45, 7) is 0. The molecule has 29 heavy (non-hydrogen) atoms. The van der Waals surface area contributed by atoms with E-state index in [-0.39, 0.29) is 0 Å². The van der Waals surface area contributed by atoms with Crippen LogP contribution in [0.1, 0.15) is 10.4 Å². The van der Waals surface area contributed by atoms with E-state index in [1.54, 1.807) is 30.9 Å². The van der Waals surface area contributed by atoms with Gasteiger partial charge in [0, 0.05) is 12.6 Å². The average molecular weight is 418 g/mol. The summed E-state index contributed by atoms with van der Waals surface area (Å²) < 4.78 is 29.5. The van der Waals surface area contributed by atoms with Gasteiger partial charge in [0.15, 0.2) is 16.3 Å². The molecular weight excluding hydrogens is 396 g/mol. The smallest absolute Gasteiger partial charge is 0.279 e. The molecule has 0 bridgehead atoms. The lowest BCUT2D eigenvalue weighted by atomic mass is 10.1. The predicted molar refractivity (Wildman–Crippen MR) is 110 cm³/mol. The van der Waals surface area contributed by atoms with Gasteiger partial charge in [-0.1, -0.05) is 11.3 Å². The molecule has 1 amide bonds. The lowest BCUT2D eigenvalue weighted by Gasteiger charge is -2.12. The molecule has 0 saturated carbocycles. The SMILES string of the molecule is COc1cc(C(=O)N=c2sc3c(OC)ccc(OC)c3n2C)cc(OC)c1OC. The van der Waals surface area contributed by atoms with Crippen LogP contribution in [-0.2, 0) is 7.05 Å². The number of hydrogen-bond acceptors (Lipinski definition) is 7. The highest BCUT2D eigenvalue weighted by molar-refractivity contribution is 7.16. The lowest BCUT2D eigenvalue weighted by molar-refractivity contribution is 0.0997. The van der Waals surface area contributed by atoms with E-state index in [4.69, 9.17) is 23.7 Å². The Morgan fingerprint density at radius 3 is 1.93 bits per heavy atom. The van der Waals surface area contributed by atoms with E-state index < -0.39 is 5.91 Å². The Morgan fingerprint density at radius 1 is 0.862 bits per heavy atom. The molecule has 0 unspecified atom stereocenters. The molecular formula is C20H22N2O6S. The molecule has 8 nitrogen and oxygen atoms in total. The van der Waals surface area contributed by atoms with Crippen LogP contribution in [0.4, 0.5) is 0 Å². The Labute approximate surface area is 171 Å². The molecule has 1 aromatic heterocycles. The summed E-state index contributed by atoms with van der Waals surface area (Å²) in [7, 11) is 9.50. The van der Waals surface area contributed by atoms with Gasteiger partial charge in [0.25, 0.3) is 5.91 Å². The van der Waals surface area contributed by atoms with E-state index in [9.17, 15) is 4.79 Å². The molecule has 0 saturated heterocycles. The Kier molecular flexibility index (Phi) is 5.97. The number of hydrogen-bond donors (Lipinski definition) is 0. The number of nitrogens with zero attached hydrogens (tertiary/aromatic N) is 2. The largest absolute Gasteiger partial charge is 0.495 e. The molecule has 0 aliphatic rings. The first kappa shape index (κ1) is 20.5. The number of aryl methyl sites for hydroxylation is 1. The van der Waals surface area contributed by atoms with Crippen LogP contribution >= 0.6 is 11.3 Å². The van der Waals surface area contributed by atoms with Crippen LogP contribution in [0.15, 0.2) is 29.3 Å². The molecule has 0 aliphatic carbocycles. The van der Waals surface area contributed by atoms with Crippen molar-refractivity contribution in [3.8, 4) is 28.7 Å². The second-order valence-corrected chi connectivity index (χ2v) is 6.90. The van der Waals surface area contributed by atoms with Crippen LogP contribution in [0.5, 0.6) is 28.7 Å². The van der Waals surface area contributed by atoms with Crippen LogP contribution in [0.2, 0.25) is 0 Å². The highest BCUT2D eigenvalue weighted by Gasteiger charge is 2.18. The highest BCUT2D eigenvalue weighted by Crippen LogP contribution is 2.38. The third-order valence-corrected chi connectivity index (χ3v) is 5.57. The van der Waals surface area contributed by atoms with Gasteiger partial charge >= 0.3 is 0 Å². The zero-order valence-electron chi connectivity index (χ0n) is 17.1. The Hall–Kier alpha value is -3.20. The molecule has 2 aromatic carbocycles. The number of amides is 1. The fraction of sp³-hybridized carbons (Fsp3) is 0.300. The summed E-state index contributed by atoms with van der Waals surface area (Å²) in [4.78, 5) is 17.7. The van der Waals surface area contributed by atoms with Crippen molar-refractivity contribution in [2.45, 2.75) is 0 Å². The number of rotatable bonds is 6. The summed E-state index contributed by atoms with van der Waals surface area (Å²) in [5.74, 6) is 2.09. The van der Waals surface area contributed by atoms with Crippen molar-refractivity contribution < 1.29 is 28.5 Å². The van der Waals surface area contributed by atoms with E-state index in [0.29, 0.717) is 39.1 Å². The van der Waals surface area contributed by atoms with E-state index in [1.807, 2.05) is 19.2 Å². The molecule has 3 rings (SSSR count). The van der Waals surface area contributed by atoms with Crippen LogP contribution in [0.25, 0.3) is 10.2 Å². The van der Waals surface area contributed by atoms with Crippen LogP contribution in [0, 0.1) is 0 Å². The van der Waals surface area contributed by atoms with E-state index in [2.05, 4.69) is 4.99 Å². The number of ether oxygens (including phenoxy) is 5. The van der Waals surface area contributed by atoms with Gasteiger partial charge in [-0.05, 0) is 24.3 Å². The number of fused-ring (bicyclic) bond motifs is 1. The second kappa shape index (κ2) is 8.44. The monoisotopic (exact) mass is 418 g/mol. The van der Waals surface area contributed by atoms with E-state index >= 15 is 0 Å². The highest BCUT2D eigenvalue weighted by atomic mass is 32.1. The summed E-state index contributed by atoms with van der Waals surface area (Å²) >= 11 is 1.34. The number of methoxy groups -OCH3 is 5. The molecule has 0 spiro atoms. The first-order valence-corrected chi connectivity index (χ1v) is 9.40. The van der Waals surface area contributed by atoms with Gasteiger partial charge in [0.1, 0.15) is 21.7 Å². The molecule has 9 heteroatoms. The molecule has 0 radical (unpaired) electrons. The zero-order chi connectivity index (χ0) is 21.1. The third kappa shape index (κ3) is 3.61. The van der Waals surface area contributed by atoms with Crippen molar-refractivity contribution in [1.82, 2.24) is 4.57 Å². The van der Waals surface area contributed by atoms with Crippen molar-refractivity contribution in [3.63, 3.8) is 0 Å². The normalized spacial score (nSPS) is 11.4. The Balaban J connectivity index is 2.17. The molecule has 0 aliphatic heterocycles. The van der Waals surface area contributed by atoms with Crippen molar-refractivity contribution in [3.05, 3.63) is 34.6 Å². The number of carbonyl (C=O) groups excluding carboxylic acids is 1. The molecule has 154 valence electrons. The van der Waals surface area contributed by atoms with Crippen molar-refractivity contribution in [1.29, 1.82) is 0 Å². The number of aromatic nitrogens is 1. The Morgan fingerprint density at radius 2 is 1.41 bits per heavy atom. The van der Waals surface area contributed by atoms with Crippen molar-refractivity contribution in [2.75, 3.05) is 35.5 Å². The summed E-state index contributed by atoms with van der Waals surface area (Å²) in [5, 5.41) is 0. The summed E-state index contributed by atoms with van der Waals surface area (Å²) in [5.41, 5.74) is 1.11. The maximum Gasteiger partial charge on any atom is 0.279 e. The molecule has 3 aromatic rings. The molecule has 0 N–H and O–H groups in total. The first-order chi connectivity index (χ1) is 14.0. The fourth-order valence-electron chi connectivity index (χ4n) is 2.99. The van der Waals surface area contributed by atoms with Gasteiger partial charge in [-0.2, -0.15) is 4.99 Å². The van der Waals surface area contributed by atoms with Crippen LogP contribution in [0.3, 0.4) is 0 Å². The topological polar surface area (TPSA) is 80.5 Å². The zero-order valence-corrected chi connectivity index (χ0v) is 17.9. The lowest BCUT2D eigenvalue weighted by Crippen LogP contribution is -2.13. The third-order valence-electron chi connectivity index (χ3n) is 4.42. The quantitative estimate of drug-likeness (QED) is 0.612. The van der Waals surface area contributed by atoms with Gasteiger partial charge in [-0.3, -0.25) is 4.79 Å². The van der Waals surface area contributed by atoms with Gasteiger partial charge in [0.2, 0.25) is 5.75 Å². The number of benzene rings is 2. The van der Waals surface area contributed by atoms with Gasteiger partial charge in [-0.25, -0.2) is 0 Å². The van der Waals surface area contributed by atoms with Gasteiger partial charge < -0.3 is 28.3 Å². The van der Waals surface area contributed by atoms with Crippen molar-refractivity contribution in [2.24, 2.45) is 12.0 Å². The molecule has 1 heterocycles. The first-order valence-electron chi connectivity index (χ1n) is 8.58. The standard InChI is InChI=1S/C20H22N2O6S/c1-22-16-12(24-2)7-8-13(25-3)18(16)29-20(22)21-19(23)11-9-14(26-4)17(28-6)15(10-11)27-5/h7-10H,1-6H3. The van der Waals surface area contributed by atoms with Crippen LogP contribution in [-0.4, -0.2) is 46.0 Å². The minimum Gasteiger partial charge on any atom is -0.495 e. The number of thiazole rings is 1. The van der Waals surface area contributed by atoms with Gasteiger partial charge in [-0.15, -0.1) is 0 Å². The van der Waals surface area contributed by atoms with Gasteiger partial charge in [0.05, 0.1) is 35.5 Å². The average Bonchev–Trinajstić information content (AvgIpc) is 3.08. The summed E-state index contributed by atoms with van der Waals surface area (Å²) in [6.07, 6.45) is 0. The van der Waals surface area contributed by atoms with E-state index in [1.165, 1.54) is 32.7 Å². The predicted octanol–water partition coefficient (Wildman–Crippen LogP) is 3.02. The van der Waals surface area contributed by atoms with Crippen molar-refractivity contribution >= 4 is 27.5 Å². The number of carbonyl (C=O) groups is 1. The summed E-state index contributed by atoms with van der Waals surface area (Å²) in [6, 6.07) is 6.78. The molecule has 0 atom stereocenters. The maximum atomic E-state index is 12.9. The Bertz CT molecular complexity index is 1110. The molecule has 0 fully saturated rings. The minimum atomic E-state index is -0.440.